The number of benzene rings is 1. The highest BCUT2D eigenvalue weighted by molar-refractivity contribution is 5.84. The lowest BCUT2D eigenvalue weighted by Gasteiger charge is -1.95. The van der Waals surface area contributed by atoms with Crippen molar-refractivity contribution in [3.63, 3.8) is 0 Å². The fourth-order valence-electron chi connectivity index (χ4n) is 1.25. The van der Waals surface area contributed by atoms with Gasteiger partial charge in [-0.3, -0.25) is 0 Å². The van der Waals surface area contributed by atoms with Crippen LogP contribution in [0.2, 0.25) is 0 Å². The lowest BCUT2D eigenvalue weighted by Crippen LogP contribution is -2.04. The van der Waals surface area contributed by atoms with E-state index in [0.29, 0.717) is 0 Å². The van der Waals surface area contributed by atoms with Crippen LogP contribution in [0.4, 0.5) is 8.78 Å². The molecule has 0 radical (unpaired) electrons. The maximum atomic E-state index is 13.0. The molecule has 2 aromatic rings. The third-order valence-electron chi connectivity index (χ3n) is 2.05. The molecule has 0 N–H and O–H groups in total. The lowest BCUT2D eigenvalue weighted by molar-refractivity contribution is 0.0470. The quantitative estimate of drug-likeness (QED) is 0.785. The van der Waals surface area contributed by atoms with Crippen LogP contribution in [-0.4, -0.2) is 22.7 Å². The average molecular weight is 254 g/mol. The van der Waals surface area contributed by atoms with Crippen LogP contribution in [0.5, 0.6) is 0 Å². The van der Waals surface area contributed by atoms with Gasteiger partial charge in [-0.15, -0.1) is 0 Å². The molecule has 0 spiro atoms. The molecule has 2 rings (SSSR count). The molecule has 0 atom stereocenters. The first-order valence-corrected chi connectivity index (χ1v) is 5.08. The Balaban J connectivity index is 2.29. The van der Waals surface area contributed by atoms with Gasteiger partial charge in [0.25, 0.3) is 0 Å². The molecule has 0 aliphatic rings. The van der Waals surface area contributed by atoms with Crippen molar-refractivity contribution in [3.05, 3.63) is 35.7 Å². The van der Waals surface area contributed by atoms with Gasteiger partial charge in [-0.05, 0) is 25.1 Å². The average Bonchev–Trinajstić information content (AvgIpc) is 2.82. The monoisotopic (exact) mass is 254 g/mol. The summed E-state index contributed by atoms with van der Waals surface area (Å²) in [5.74, 6) is -3.13. The van der Waals surface area contributed by atoms with Crippen LogP contribution >= 0.6 is 0 Å². The largest absolute Gasteiger partial charge is 0.459 e. The second-order valence-electron chi connectivity index (χ2n) is 3.27. The molecular formula is C11H8F2N2O3. The molecular weight excluding hydrogens is 246 g/mol. The Morgan fingerprint density at radius 2 is 2.17 bits per heavy atom. The minimum absolute atomic E-state index is 0.0167. The number of esters is 1. The van der Waals surface area contributed by atoms with Gasteiger partial charge in [-0.2, -0.15) is 4.98 Å². The smallest absolute Gasteiger partial charge is 0.397 e. The summed E-state index contributed by atoms with van der Waals surface area (Å²) in [6, 6.07) is 3.12. The van der Waals surface area contributed by atoms with E-state index in [-0.39, 0.29) is 23.9 Å². The van der Waals surface area contributed by atoms with Gasteiger partial charge >= 0.3 is 11.9 Å². The van der Waals surface area contributed by atoms with E-state index in [0.717, 1.165) is 12.1 Å². The first-order valence-electron chi connectivity index (χ1n) is 5.08. The highest BCUT2D eigenvalue weighted by atomic mass is 19.2. The standard InChI is InChI=1S/C11H8F2N2O3/c1-2-17-11(16)10-14-9(15-18-10)6-3-4-7(12)8(13)5-6/h3-5H,2H2,1H3. The zero-order valence-corrected chi connectivity index (χ0v) is 9.31. The molecule has 0 aliphatic heterocycles. The molecule has 18 heavy (non-hydrogen) atoms. The predicted octanol–water partition coefficient (Wildman–Crippen LogP) is 2.19. The van der Waals surface area contributed by atoms with Crippen molar-refractivity contribution in [2.45, 2.75) is 6.92 Å². The summed E-state index contributed by atoms with van der Waals surface area (Å²) in [6.07, 6.45) is 0. The Morgan fingerprint density at radius 1 is 1.39 bits per heavy atom. The fraction of sp³-hybridized carbons (Fsp3) is 0.182. The van der Waals surface area contributed by atoms with Crippen molar-refractivity contribution in [2.75, 3.05) is 6.61 Å². The maximum absolute atomic E-state index is 13.0. The first-order chi connectivity index (χ1) is 8.61. The molecule has 1 aromatic carbocycles. The normalized spacial score (nSPS) is 10.4. The summed E-state index contributed by atoms with van der Waals surface area (Å²) >= 11 is 0. The molecule has 0 saturated carbocycles. The van der Waals surface area contributed by atoms with Gasteiger partial charge in [-0.1, -0.05) is 5.16 Å². The van der Waals surface area contributed by atoms with Crippen LogP contribution < -0.4 is 0 Å². The van der Waals surface area contributed by atoms with E-state index in [4.69, 9.17) is 0 Å². The highest BCUT2D eigenvalue weighted by Gasteiger charge is 2.17. The number of hydrogen-bond donors (Lipinski definition) is 0. The van der Waals surface area contributed by atoms with Crippen LogP contribution in [0.3, 0.4) is 0 Å². The minimum atomic E-state index is -1.03. The Bertz CT molecular complexity index is 583. The molecule has 0 bridgehead atoms. The van der Waals surface area contributed by atoms with Crippen molar-refractivity contribution in [3.8, 4) is 11.4 Å². The fourth-order valence-corrected chi connectivity index (χ4v) is 1.25. The van der Waals surface area contributed by atoms with Crippen LogP contribution in [0, 0.1) is 11.6 Å². The second-order valence-corrected chi connectivity index (χ2v) is 3.27. The Kier molecular flexibility index (Phi) is 3.31. The molecule has 0 saturated heterocycles. The van der Waals surface area contributed by atoms with E-state index in [1.165, 1.54) is 6.07 Å². The predicted molar refractivity (Wildman–Crippen MR) is 55.6 cm³/mol. The third kappa shape index (κ3) is 2.34. The van der Waals surface area contributed by atoms with Gasteiger partial charge in [-0.25, -0.2) is 13.6 Å². The van der Waals surface area contributed by atoms with Crippen LogP contribution in [0.15, 0.2) is 22.7 Å². The van der Waals surface area contributed by atoms with Gasteiger partial charge in [0.1, 0.15) is 0 Å². The summed E-state index contributed by atoms with van der Waals surface area (Å²) in [5.41, 5.74) is 0.202. The third-order valence-corrected chi connectivity index (χ3v) is 2.05. The van der Waals surface area contributed by atoms with E-state index in [2.05, 4.69) is 19.4 Å². The van der Waals surface area contributed by atoms with E-state index in [9.17, 15) is 13.6 Å². The summed E-state index contributed by atoms with van der Waals surface area (Å²) in [4.78, 5) is 15.0. The van der Waals surface area contributed by atoms with E-state index in [1.54, 1.807) is 6.92 Å². The van der Waals surface area contributed by atoms with Gasteiger partial charge in [0.05, 0.1) is 6.61 Å². The molecule has 0 amide bonds. The second kappa shape index (κ2) is 4.91. The van der Waals surface area contributed by atoms with E-state index in [1.807, 2.05) is 0 Å². The molecule has 7 heteroatoms. The molecule has 0 fully saturated rings. The van der Waals surface area contributed by atoms with Gasteiger partial charge in [0.15, 0.2) is 11.6 Å². The van der Waals surface area contributed by atoms with Crippen LogP contribution in [0.1, 0.15) is 17.6 Å². The Morgan fingerprint density at radius 3 is 2.83 bits per heavy atom. The van der Waals surface area contributed by atoms with Crippen molar-refractivity contribution in [1.82, 2.24) is 10.1 Å². The maximum Gasteiger partial charge on any atom is 0.397 e. The van der Waals surface area contributed by atoms with Crippen molar-refractivity contribution < 1.29 is 22.8 Å². The summed E-state index contributed by atoms with van der Waals surface area (Å²) in [6.45, 7) is 1.80. The molecule has 0 unspecified atom stereocenters. The van der Waals surface area contributed by atoms with E-state index < -0.39 is 17.6 Å². The number of halogens is 2. The number of ether oxygens (including phenoxy) is 1. The lowest BCUT2D eigenvalue weighted by atomic mass is 10.2. The zero-order chi connectivity index (χ0) is 13.1. The van der Waals surface area contributed by atoms with Crippen LogP contribution in [-0.2, 0) is 4.74 Å². The first kappa shape index (κ1) is 12.2. The molecule has 1 heterocycles. The number of nitrogens with zero attached hydrogens (tertiary/aromatic N) is 2. The van der Waals surface area contributed by atoms with Gasteiger partial charge < -0.3 is 9.26 Å². The molecule has 5 nitrogen and oxygen atoms in total. The van der Waals surface area contributed by atoms with Gasteiger partial charge in [0, 0.05) is 5.56 Å². The summed E-state index contributed by atoms with van der Waals surface area (Å²) in [7, 11) is 0. The van der Waals surface area contributed by atoms with Crippen LogP contribution in [0.25, 0.3) is 11.4 Å². The van der Waals surface area contributed by atoms with Crippen molar-refractivity contribution in [2.24, 2.45) is 0 Å². The Labute approximate surface area is 100 Å². The molecule has 94 valence electrons. The molecule has 1 aromatic heterocycles. The highest BCUT2D eigenvalue weighted by Crippen LogP contribution is 2.18. The zero-order valence-electron chi connectivity index (χ0n) is 9.31. The van der Waals surface area contributed by atoms with Crippen molar-refractivity contribution in [1.29, 1.82) is 0 Å². The topological polar surface area (TPSA) is 65.2 Å². The van der Waals surface area contributed by atoms with Crippen molar-refractivity contribution >= 4 is 5.97 Å². The number of hydrogen-bond acceptors (Lipinski definition) is 5. The number of aromatic nitrogens is 2. The number of carbonyl (C=O) groups excluding carboxylic acids is 1. The van der Waals surface area contributed by atoms with E-state index >= 15 is 0 Å². The minimum Gasteiger partial charge on any atom is -0.459 e. The number of rotatable bonds is 3. The molecule has 0 aliphatic carbocycles. The Hall–Kier alpha value is -2.31. The number of carbonyl (C=O) groups is 1. The SMILES string of the molecule is CCOC(=O)c1nc(-c2ccc(F)c(F)c2)no1. The summed E-state index contributed by atoms with van der Waals surface area (Å²) < 4.78 is 35.0. The summed E-state index contributed by atoms with van der Waals surface area (Å²) in [5, 5.41) is 3.48. The van der Waals surface area contributed by atoms with Gasteiger partial charge in [0.2, 0.25) is 5.82 Å².